The Morgan fingerprint density at radius 1 is 1.21 bits per heavy atom. The zero-order valence-corrected chi connectivity index (χ0v) is 8.91. The molecule has 0 saturated heterocycles. The molecule has 0 saturated carbocycles. The molecule has 14 heavy (non-hydrogen) atoms. The van der Waals surface area contributed by atoms with E-state index in [1.165, 1.54) is 0 Å². The Balaban J connectivity index is 3.08. The monoisotopic (exact) mass is 195 g/mol. The second kappa shape index (κ2) is 4.44. The minimum absolute atomic E-state index is 0.117. The van der Waals surface area contributed by atoms with Crippen LogP contribution in [0, 0.1) is 6.92 Å². The number of phenols is 1. The summed E-state index contributed by atoms with van der Waals surface area (Å²) in [7, 11) is 3.89. The van der Waals surface area contributed by atoms with Gasteiger partial charge in [0.25, 0.3) is 0 Å². The molecule has 3 heteroatoms. The van der Waals surface area contributed by atoms with Crippen molar-refractivity contribution in [2.45, 2.75) is 20.1 Å². The molecular formula is C11H17NO2. The number of rotatable bonds is 3. The topological polar surface area (TPSA) is 43.7 Å². The van der Waals surface area contributed by atoms with Crippen LogP contribution >= 0.6 is 0 Å². The molecule has 2 N–H and O–H groups in total. The lowest BCUT2D eigenvalue weighted by Crippen LogP contribution is -2.11. The van der Waals surface area contributed by atoms with Crippen LogP contribution in [0.4, 0.5) is 0 Å². The quantitative estimate of drug-likeness (QED) is 0.763. The number of hydrogen-bond donors (Lipinski definition) is 2. The summed E-state index contributed by atoms with van der Waals surface area (Å²) in [5.41, 5.74) is 2.52. The molecule has 1 aromatic carbocycles. The van der Waals surface area contributed by atoms with Gasteiger partial charge in [0.1, 0.15) is 5.75 Å². The molecule has 0 fully saturated rings. The third-order valence-electron chi connectivity index (χ3n) is 2.07. The molecule has 0 atom stereocenters. The van der Waals surface area contributed by atoms with Crippen molar-refractivity contribution in [1.29, 1.82) is 0 Å². The summed E-state index contributed by atoms with van der Waals surface area (Å²) in [6, 6.07) is 3.74. The Bertz CT molecular complexity index is 321. The van der Waals surface area contributed by atoms with Crippen LogP contribution in [-0.2, 0) is 13.2 Å². The maximum Gasteiger partial charge on any atom is 0.125 e. The standard InChI is InChI=1S/C11H17NO2/c1-8-4-9(6-12(2)3)11(14)10(5-8)7-13/h4-5,13-14H,6-7H2,1-3H3. The first-order valence-electron chi connectivity index (χ1n) is 4.61. The smallest absolute Gasteiger partial charge is 0.125 e. The molecule has 78 valence electrons. The van der Waals surface area contributed by atoms with Crippen molar-refractivity contribution in [3.05, 3.63) is 28.8 Å². The van der Waals surface area contributed by atoms with Crippen LogP contribution in [0.25, 0.3) is 0 Å². The highest BCUT2D eigenvalue weighted by Crippen LogP contribution is 2.25. The number of aliphatic hydroxyl groups excluding tert-OH is 1. The molecule has 0 aliphatic carbocycles. The van der Waals surface area contributed by atoms with Crippen LogP contribution in [-0.4, -0.2) is 29.2 Å². The second-order valence-electron chi connectivity index (χ2n) is 3.83. The Kier molecular flexibility index (Phi) is 3.49. The predicted octanol–water partition coefficient (Wildman–Crippen LogP) is 1.25. The third-order valence-corrected chi connectivity index (χ3v) is 2.07. The summed E-state index contributed by atoms with van der Waals surface area (Å²) in [6.45, 7) is 2.52. The molecular weight excluding hydrogens is 178 g/mol. The van der Waals surface area contributed by atoms with Gasteiger partial charge in [0.05, 0.1) is 6.61 Å². The average Bonchev–Trinajstić information content (AvgIpc) is 2.09. The van der Waals surface area contributed by atoms with E-state index in [4.69, 9.17) is 5.11 Å². The van der Waals surface area contributed by atoms with E-state index in [1.54, 1.807) is 6.07 Å². The van der Waals surface area contributed by atoms with Crippen LogP contribution in [0.2, 0.25) is 0 Å². The Morgan fingerprint density at radius 3 is 2.29 bits per heavy atom. The largest absolute Gasteiger partial charge is 0.507 e. The van der Waals surface area contributed by atoms with E-state index in [1.807, 2.05) is 32.0 Å². The lowest BCUT2D eigenvalue weighted by Gasteiger charge is -2.14. The maximum absolute atomic E-state index is 9.78. The highest BCUT2D eigenvalue weighted by Gasteiger charge is 2.08. The van der Waals surface area contributed by atoms with E-state index in [-0.39, 0.29) is 12.4 Å². The van der Waals surface area contributed by atoms with Crippen molar-refractivity contribution >= 4 is 0 Å². The summed E-state index contributed by atoms with van der Waals surface area (Å²) < 4.78 is 0. The Labute approximate surface area is 84.6 Å². The number of nitrogens with zero attached hydrogens (tertiary/aromatic N) is 1. The average molecular weight is 195 g/mol. The van der Waals surface area contributed by atoms with Gasteiger partial charge in [-0.25, -0.2) is 0 Å². The van der Waals surface area contributed by atoms with Crippen LogP contribution in [0.5, 0.6) is 5.75 Å². The van der Waals surface area contributed by atoms with E-state index < -0.39 is 0 Å². The van der Waals surface area contributed by atoms with E-state index in [2.05, 4.69) is 0 Å². The fraction of sp³-hybridized carbons (Fsp3) is 0.455. The highest BCUT2D eigenvalue weighted by atomic mass is 16.3. The predicted molar refractivity (Wildman–Crippen MR) is 56.2 cm³/mol. The molecule has 1 rings (SSSR count). The lowest BCUT2D eigenvalue weighted by molar-refractivity contribution is 0.274. The minimum Gasteiger partial charge on any atom is -0.507 e. The Morgan fingerprint density at radius 2 is 1.79 bits per heavy atom. The van der Waals surface area contributed by atoms with Gasteiger partial charge in [0, 0.05) is 17.7 Å². The molecule has 0 aliphatic heterocycles. The van der Waals surface area contributed by atoms with Crippen molar-refractivity contribution in [3.63, 3.8) is 0 Å². The first-order valence-corrected chi connectivity index (χ1v) is 4.61. The zero-order chi connectivity index (χ0) is 10.7. The highest BCUT2D eigenvalue weighted by molar-refractivity contribution is 5.43. The minimum atomic E-state index is -0.117. The van der Waals surface area contributed by atoms with Crippen LogP contribution in [0.3, 0.4) is 0 Å². The van der Waals surface area contributed by atoms with E-state index in [0.717, 1.165) is 11.1 Å². The molecule has 0 heterocycles. The second-order valence-corrected chi connectivity index (χ2v) is 3.83. The third kappa shape index (κ3) is 2.47. The summed E-state index contributed by atoms with van der Waals surface area (Å²) in [6.07, 6.45) is 0. The number of aryl methyl sites for hydroxylation is 1. The van der Waals surface area contributed by atoms with Crippen molar-refractivity contribution in [3.8, 4) is 5.75 Å². The number of hydrogen-bond acceptors (Lipinski definition) is 3. The van der Waals surface area contributed by atoms with Crippen molar-refractivity contribution in [2.75, 3.05) is 14.1 Å². The molecule has 0 unspecified atom stereocenters. The van der Waals surface area contributed by atoms with Gasteiger partial charge in [-0.2, -0.15) is 0 Å². The van der Waals surface area contributed by atoms with Crippen molar-refractivity contribution in [1.82, 2.24) is 4.90 Å². The molecule has 0 aliphatic rings. The molecule has 0 amide bonds. The lowest BCUT2D eigenvalue weighted by atomic mass is 10.0. The van der Waals surface area contributed by atoms with Gasteiger partial charge in [-0.1, -0.05) is 17.7 Å². The van der Waals surface area contributed by atoms with Gasteiger partial charge in [-0.05, 0) is 21.0 Å². The molecule has 0 aromatic heterocycles. The van der Waals surface area contributed by atoms with Gasteiger partial charge in [-0.15, -0.1) is 0 Å². The van der Waals surface area contributed by atoms with Crippen LogP contribution in [0.1, 0.15) is 16.7 Å². The van der Waals surface area contributed by atoms with E-state index >= 15 is 0 Å². The number of benzene rings is 1. The van der Waals surface area contributed by atoms with Gasteiger partial charge in [-0.3, -0.25) is 0 Å². The molecule has 0 bridgehead atoms. The summed E-state index contributed by atoms with van der Waals surface area (Å²) >= 11 is 0. The number of aliphatic hydroxyl groups is 1. The summed E-state index contributed by atoms with van der Waals surface area (Å²) in [4.78, 5) is 1.98. The van der Waals surface area contributed by atoms with Gasteiger partial charge in [0.15, 0.2) is 0 Å². The fourth-order valence-corrected chi connectivity index (χ4v) is 1.52. The molecule has 0 radical (unpaired) electrons. The first kappa shape index (κ1) is 11.0. The van der Waals surface area contributed by atoms with Crippen molar-refractivity contribution < 1.29 is 10.2 Å². The van der Waals surface area contributed by atoms with Crippen molar-refractivity contribution in [2.24, 2.45) is 0 Å². The van der Waals surface area contributed by atoms with Gasteiger partial charge < -0.3 is 15.1 Å². The van der Waals surface area contributed by atoms with Crippen LogP contribution in [0.15, 0.2) is 12.1 Å². The maximum atomic E-state index is 9.78. The fourth-order valence-electron chi connectivity index (χ4n) is 1.52. The first-order chi connectivity index (χ1) is 6.54. The SMILES string of the molecule is Cc1cc(CO)c(O)c(CN(C)C)c1. The van der Waals surface area contributed by atoms with E-state index in [0.29, 0.717) is 12.1 Å². The summed E-state index contributed by atoms with van der Waals surface area (Å²) in [5, 5.41) is 18.8. The molecule has 0 spiro atoms. The Hall–Kier alpha value is -1.06. The normalized spacial score (nSPS) is 10.9. The van der Waals surface area contributed by atoms with E-state index in [9.17, 15) is 5.11 Å². The molecule has 3 nitrogen and oxygen atoms in total. The number of aromatic hydroxyl groups is 1. The van der Waals surface area contributed by atoms with Gasteiger partial charge >= 0.3 is 0 Å². The molecule has 1 aromatic rings. The van der Waals surface area contributed by atoms with Gasteiger partial charge in [0.2, 0.25) is 0 Å². The summed E-state index contributed by atoms with van der Waals surface area (Å²) in [5.74, 6) is 0.215. The van der Waals surface area contributed by atoms with Crippen LogP contribution < -0.4 is 0 Å². The zero-order valence-electron chi connectivity index (χ0n) is 8.91.